The number of aromatic nitrogens is 3. The lowest BCUT2D eigenvalue weighted by atomic mass is 10.2. The molecule has 0 saturated carbocycles. The second kappa shape index (κ2) is 7.45. The summed E-state index contributed by atoms with van der Waals surface area (Å²) in [5.74, 6) is -0.426. The molecule has 0 aliphatic rings. The molecule has 3 rings (SSSR count). The highest BCUT2D eigenvalue weighted by Crippen LogP contribution is 2.31. The van der Waals surface area contributed by atoms with Gasteiger partial charge in [-0.3, -0.25) is 4.79 Å². The van der Waals surface area contributed by atoms with Gasteiger partial charge in [-0.1, -0.05) is 42.5 Å². The quantitative estimate of drug-likeness (QED) is 0.692. The topological polar surface area (TPSA) is 59.8 Å². The molecular weight excluding hydrogens is 357 g/mol. The highest BCUT2D eigenvalue weighted by molar-refractivity contribution is 5.91. The fourth-order valence-electron chi connectivity index (χ4n) is 2.42. The summed E-state index contributed by atoms with van der Waals surface area (Å²) < 4.78 is 40.4. The molecule has 1 heterocycles. The van der Waals surface area contributed by atoms with Crippen molar-refractivity contribution in [1.29, 1.82) is 0 Å². The lowest BCUT2D eigenvalue weighted by molar-refractivity contribution is -0.137. The number of nitrogens with one attached hydrogen (secondary N) is 1. The van der Waals surface area contributed by atoms with E-state index in [4.69, 9.17) is 0 Å². The summed E-state index contributed by atoms with van der Waals surface area (Å²) in [7, 11) is 0. The van der Waals surface area contributed by atoms with Crippen LogP contribution in [0.2, 0.25) is 0 Å². The van der Waals surface area contributed by atoms with E-state index >= 15 is 0 Å². The number of hydrogen-bond acceptors (Lipinski definition) is 3. The Labute approximate surface area is 153 Å². The summed E-state index contributed by atoms with van der Waals surface area (Å²) in [6, 6.07) is 13.5. The van der Waals surface area contributed by atoms with Gasteiger partial charge in [-0.25, -0.2) is 9.67 Å². The third-order valence-corrected chi connectivity index (χ3v) is 3.67. The molecular formula is C19H15F3N4O. The maximum absolute atomic E-state index is 13.1. The van der Waals surface area contributed by atoms with Gasteiger partial charge in [0, 0.05) is 12.1 Å². The highest BCUT2D eigenvalue weighted by Gasteiger charge is 2.31. The fourth-order valence-corrected chi connectivity index (χ4v) is 2.42. The molecule has 0 radical (unpaired) electrons. The van der Waals surface area contributed by atoms with Crippen LogP contribution in [0.1, 0.15) is 16.2 Å². The van der Waals surface area contributed by atoms with E-state index in [1.165, 1.54) is 22.9 Å². The van der Waals surface area contributed by atoms with Gasteiger partial charge in [-0.2, -0.15) is 13.2 Å². The molecule has 0 spiro atoms. The van der Waals surface area contributed by atoms with Crippen molar-refractivity contribution in [2.45, 2.75) is 6.18 Å². The maximum Gasteiger partial charge on any atom is 0.416 e. The Morgan fingerprint density at radius 2 is 1.89 bits per heavy atom. The molecule has 2 aromatic carbocycles. The fraction of sp³-hybridized carbons (Fsp3) is 0.105. The number of amides is 1. The molecule has 0 atom stereocenters. The zero-order valence-electron chi connectivity index (χ0n) is 14.1. The third kappa shape index (κ3) is 4.05. The molecule has 5 nitrogen and oxygen atoms in total. The Bertz CT molecular complexity index is 965. The van der Waals surface area contributed by atoms with Gasteiger partial charge >= 0.3 is 6.18 Å². The summed E-state index contributed by atoms with van der Waals surface area (Å²) >= 11 is 0. The third-order valence-electron chi connectivity index (χ3n) is 3.67. The molecule has 1 amide bonds. The van der Waals surface area contributed by atoms with Crippen molar-refractivity contribution >= 4 is 5.91 Å². The summed E-state index contributed by atoms with van der Waals surface area (Å²) in [4.78, 5) is 16.4. The van der Waals surface area contributed by atoms with Crippen LogP contribution in [0.15, 0.2) is 67.3 Å². The van der Waals surface area contributed by atoms with Gasteiger partial charge < -0.3 is 5.32 Å². The van der Waals surface area contributed by atoms with Crippen LogP contribution in [0, 0.1) is 0 Å². The van der Waals surface area contributed by atoms with E-state index in [0.717, 1.165) is 12.1 Å². The average molecular weight is 372 g/mol. The number of nitrogens with zero attached hydrogens (tertiary/aromatic N) is 3. The predicted octanol–water partition coefficient (Wildman–Crippen LogP) is 3.87. The molecule has 1 N–H and O–H groups in total. The van der Waals surface area contributed by atoms with Crippen molar-refractivity contribution in [2.75, 3.05) is 6.54 Å². The second-order valence-corrected chi connectivity index (χ2v) is 5.58. The molecule has 0 bridgehead atoms. The average Bonchev–Trinajstić information content (AvgIpc) is 3.12. The zero-order valence-corrected chi connectivity index (χ0v) is 14.1. The molecule has 0 aliphatic heterocycles. The van der Waals surface area contributed by atoms with Crippen LogP contribution in [0.25, 0.3) is 17.1 Å². The Balaban J connectivity index is 2.12. The van der Waals surface area contributed by atoms with Crippen LogP contribution in [0.3, 0.4) is 0 Å². The first-order chi connectivity index (χ1) is 12.9. The Kier molecular flexibility index (Phi) is 5.07. The van der Waals surface area contributed by atoms with Gasteiger partial charge in [-0.15, -0.1) is 11.7 Å². The van der Waals surface area contributed by atoms with E-state index in [9.17, 15) is 18.0 Å². The normalized spacial score (nSPS) is 11.2. The SMILES string of the molecule is C=CCNC(=O)c1nc(-c2ccccc2)n(-c2cccc(C(F)(F)F)c2)n1. The minimum Gasteiger partial charge on any atom is -0.346 e. The van der Waals surface area contributed by atoms with Crippen LogP contribution in [-0.2, 0) is 6.18 Å². The zero-order chi connectivity index (χ0) is 19.4. The molecule has 0 saturated heterocycles. The van der Waals surface area contributed by atoms with Crippen molar-refractivity contribution in [3.63, 3.8) is 0 Å². The van der Waals surface area contributed by atoms with Crippen LogP contribution in [-0.4, -0.2) is 27.2 Å². The molecule has 0 unspecified atom stereocenters. The second-order valence-electron chi connectivity index (χ2n) is 5.58. The molecule has 0 fully saturated rings. The number of benzene rings is 2. The van der Waals surface area contributed by atoms with Crippen LogP contribution in [0.5, 0.6) is 0 Å². The Morgan fingerprint density at radius 1 is 1.15 bits per heavy atom. The highest BCUT2D eigenvalue weighted by atomic mass is 19.4. The van der Waals surface area contributed by atoms with Gasteiger partial charge in [0.05, 0.1) is 11.3 Å². The molecule has 1 aromatic heterocycles. The number of carbonyl (C=O) groups excluding carboxylic acids is 1. The van der Waals surface area contributed by atoms with Crippen molar-refractivity contribution in [3.8, 4) is 17.1 Å². The Morgan fingerprint density at radius 3 is 2.56 bits per heavy atom. The number of hydrogen-bond donors (Lipinski definition) is 1. The summed E-state index contributed by atoms with van der Waals surface area (Å²) in [6.07, 6.45) is -2.99. The van der Waals surface area contributed by atoms with Crippen molar-refractivity contribution in [3.05, 3.63) is 78.6 Å². The monoisotopic (exact) mass is 372 g/mol. The van der Waals surface area contributed by atoms with E-state index < -0.39 is 17.6 Å². The molecule has 3 aromatic rings. The Hall–Kier alpha value is -3.42. The van der Waals surface area contributed by atoms with E-state index in [1.54, 1.807) is 30.3 Å². The molecule has 138 valence electrons. The first kappa shape index (κ1) is 18.4. The van der Waals surface area contributed by atoms with E-state index in [0.29, 0.717) is 5.56 Å². The molecule has 0 aliphatic carbocycles. The van der Waals surface area contributed by atoms with Gasteiger partial charge in [0.2, 0.25) is 5.82 Å². The minimum absolute atomic E-state index is 0.145. The van der Waals surface area contributed by atoms with E-state index in [1.807, 2.05) is 0 Å². The number of halogens is 3. The van der Waals surface area contributed by atoms with Crippen molar-refractivity contribution in [1.82, 2.24) is 20.1 Å². The van der Waals surface area contributed by atoms with E-state index in [-0.39, 0.29) is 23.9 Å². The van der Waals surface area contributed by atoms with Gasteiger partial charge in [0.1, 0.15) is 0 Å². The van der Waals surface area contributed by atoms with Crippen molar-refractivity contribution < 1.29 is 18.0 Å². The number of alkyl halides is 3. The standard InChI is InChI=1S/C19H15F3N4O/c1-2-11-23-18(27)16-24-17(13-7-4-3-5-8-13)26(25-16)15-10-6-9-14(12-15)19(20,21)22/h2-10,12H,1,11H2,(H,23,27). The predicted molar refractivity (Wildman–Crippen MR) is 94.3 cm³/mol. The van der Waals surface area contributed by atoms with Gasteiger partial charge in [0.15, 0.2) is 5.82 Å². The number of carbonyl (C=O) groups is 1. The maximum atomic E-state index is 13.1. The lowest BCUT2D eigenvalue weighted by Crippen LogP contribution is -2.24. The van der Waals surface area contributed by atoms with Crippen LogP contribution < -0.4 is 5.32 Å². The van der Waals surface area contributed by atoms with E-state index in [2.05, 4.69) is 22.0 Å². The summed E-state index contributed by atoms with van der Waals surface area (Å²) in [5.41, 5.74) is -0.0451. The minimum atomic E-state index is -4.49. The smallest absolute Gasteiger partial charge is 0.346 e. The van der Waals surface area contributed by atoms with Crippen molar-refractivity contribution in [2.24, 2.45) is 0 Å². The van der Waals surface area contributed by atoms with Crippen LogP contribution in [0.4, 0.5) is 13.2 Å². The van der Waals surface area contributed by atoms with Gasteiger partial charge in [0.25, 0.3) is 5.91 Å². The van der Waals surface area contributed by atoms with Gasteiger partial charge in [-0.05, 0) is 18.2 Å². The molecule has 8 heteroatoms. The largest absolute Gasteiger partial charge is 0.416 e. The molecule has 27 heavy (non-hydrogen) atoms. The van der Waals surface area contributed by atoms with Crippen LogP contribution >= 0.6 is 0 Å². The number of rotatable bonds is 5. The summed E-state index contributed by atoms with van der Waals surface area (Å²) in [6.45, 7) is 3.73. The summed E-state index contributed by atoms with van der Waals surface area (Å²) in [5, 5.41) is 6.68. The first-order valence-electron chi connectivity index (χ1n) is 7.99. The lowest BCUT2D eigenvalue weighted by Gasteiger charge is -2.10. The first-order valence-corrected chi connectivity index (χ1v) is 7.99.